The Hall–Kier alpha value is -0.870. The summed E-state index contributed by atoms with van der Waals surface area (Å²) >= 11 is 0. The van der Waals surface area contributed by atoms with Crippen molar-refractivity contribution in [1.82, 2.24) is 0 Å². The van der Waals surface area contributed by atoms with Crippen molar-refractivity contribution in [1.29, 1.82) is 0 Å². The third kappa shape index (κ3) is 5.53. The molecule has 4 heteroatoms. The number of carboxylic acid groups (broad SMARTS) is 1. The Morgan fingerprint density at radius 2 is 1.79 bits per heavy atom. The van der Waals surface area contributed by atoms with E-state index in [9.17, 15) is 9.90 Å². The average Bonchev–Trinajstić information content (AvgIpc) is 3.11. The summed E-state index contributed by atoms with van der Waals surface area (Å²) in [6, 6.07) is 0. The molecule has 0 aromatic carbocycles. The SMILES string of the molecule is CC(C)CCCC(C)[C@H]1CC[C@H]2[C@@H]3CC=C4C[C@@H](O)CC[C@]4(C)[C@H]3CC[C@]12C.NCC(=O)O. The van der Waals surface area contributed by atoms with E-state index in [2.05, 4.69) is 46.4 Å². The number of hydrogen-bond donors (Lipinski definition) is 3. The van der Waals surface area contributed by atoms with Crippen molar-refractivity contribution < 1.29 is 15.0 Å². The number of carbonyl (C=O) groups is 1. The molecule has 0 spiro atoms. The second-order valence-electron chi connectivity index (χ2n) is 12.8. The van der Waals surface area contributed by atoms with Crippen molar-refractivity contribution in [2.75, 3.05) is 6.54 Å². The molecule has 3 fully saturated rings. The Morgan fingerprint density at radius 3 is 2.42 bits per heavy atom. The van der Waals surface area contributed by atoms with Gasteiger partial charge >= 0.3 is 5.97 Å². The quantitative estimate of drug-likeness (QED) is 0.399. The Balaban J connectivity index is 0.000000555. The van der Waals surface area contributed by atoms with Gasteiger partial charge in [-0.2, -0.15) is 0 Å². The van der Waals surface area contributed by atoms with Gasteiger partial charge in [-0.15, -0.1) is 0 Å². The number of aliphatic carboxylic acids is 1. The zero-order chi connectivity index (χ0) is 24.4. The first-order valence-electron chi connectivity index (χ1n) is 13.8. The number of carboxylic acids is 1. The van der Waals surface area contributed by atoms with E-state index in [0.717, 1.165) is 48.3 Å². The van der Waals surface area contributed by atoms with Gasteiger partial charge in [-0.25, -0.2) is 0 Å². The average molecular weight is 462 g/mol. The second kappa shape index (κ2) is 10.8. The molecule has 0 aromatic rings. The standard InChI is InChI=1S/C27H46O.C2H5NO2/c1-18(2)7-6-8-19(3)23-11-12-24-22-10-9-20-17-21(28)13-15-26(20,4)25(22)14-16-27(23,24)5;3-1-2(4)5/h9,18-19,21-25,28H,6-8,10-17H2,1-5H3;1,3H2,(H,4,5)/t19?,21-,22-,23+,24-,25-,26-,27+;/m0./s1. The van der Waals surface area contributed by atoms with Crippen LogP contribution in [0.4, 0.5) is 0 Å². The van der Waals surface area contributed by atoms with Gasteiger partial charge in [-0.05, 0) is 97.7 Å². The molecule has 0 aromatic heterocycles. The van der Waals surface area contributed by atoms with Crippen LogP contribution in [0.1, 0.15) is 105 Å². The van der Waals surface area contributed by atoms with Crippen molar-refractivity contribution in [3.63, 3.8) is 0 Å². The van der Waals surface area contributed by atoms with Crippen molar-refractivity contribution >= 4 is 5.97 Å². The smallest absolute Gasteiger partial charge is 0.317 e. The monoisotopic (exact) mass is 461 g/mol. The zero-order valence-electron chi connectivity index (χ0n) is 22.0. The van der Waals surface area contributed by atoms with E-state index < -0.39 is 5.97 Å². The summed E-state index contributed by atoms with van der Waals surface area (Å²) in [5.41, 5.74) is 7.17. The number of nitrogens with two attached hydrogens (primary N) is 1. The molecule has 4 nitrogen and oxygen atoms in total. The molecule has 0 radical (unpaired) electrons. The molecule has 0 bridgehead atoms. The van der Waals surface area contributed by atoms with Gasteiger partial charge in [0.15, 0.2) is 0 Å². The van der Waals surface area contributed by atoms with Gasteiger partial charge < -0.3 is 15.9 Å². The summed E-state index contributed by atoms with van der Waals surface area (Å²) in [6.07, 6.45) is 17.2. The minimum Gasteiger partial charge on any atom is -0.480 e. The van der Waals surface area contributed by atoms with E-state index in [1.54, 1.807) is 5.57 Å². The van der Waals surface area contributed by atoms with Crippen molar-refractivity contribution in [2.24, 2.45) is 52.1 Å². The third-order valence-corrected chi connectivity index (χ3v) is 10.5. The minimum atomic E-state index is -0.968. The molecular formula is C29H51NO3. The van der Waals surface area contributed by atoms with Crippen LogP contribution in [-0.2, 0) is 4.79 Å². The summed E-state index contributed by atoms with van der Waals surface area (Å²) in [7, 11) is 0. The molecule has 4 N–H and O–H groups in total. The van der Waals surface area contributed by atoms with Gasteiger partial charge in [0, 0.05) is 0 Å². The summed E-state index contributed by atoms with van der Waals surface area (Å²) in [5.74, 6) is 4.49. The second-order valence-corrected chi connectivity index (χ2v) is 12.8. The molecular weight excluding hydrogens is 410 g/mol. The molecule has 4 rings (SSSR count). The van der Waals surface area contributed by atoms with Crippen molar-refractivity contribution in [3.05, 3.63) is 11.6 Å². The fraction of sp³-hybridized carbons (Fsp3) is 0.897. The maximum atomic E-state index is 10.2. The highest BCUT2D eigenvalue weighted by molar-refractivity contribution is 5.68. The fourth-order valence-corrected chi connectivity index (χ4v) is 8.67. The number of hydrogen-bond acceptors (Lipinski definition) is 3. The Kier molecular flexibility index (Phi) is 8.76. The lowest BCUT2D eigenvalue weighted by Gasteiger charge is -2.58. The highest BCUT2D eigenvalue weighted by atomic mass is 16.4. The normalized spacial score (nSPS) is 40.6. The summed E-state index contributed by atoms with van der Waals surface area (Å²) < 4.78 is 0. The molecule has 33 heavy (non-hydrogen) atoms. The third-order valence-electron chi connectivity index (χ3n) is 10.5. The molecule has 0 amide bonds. The molecule has 3 saturated carbocycles. The molecule has 4 aliphatic rings. The minimum absolute atomic E-state index is 0.0766. The Labute approximate surface area is 202 Å². The molecule has 190 valence electrons. The first kappa shape index (κ1) is 26.7. The number of allylic oxidation sites excluding steroid dienone is 1. The first-order chi connectivity index (χ1) is 15.5. The highest BCUT2D eigenvalue weighted by Gasteiger charge is 2.59. The van der Waals surface area contributed by atoms with Crippen LogP contribution >= 0.6 is 0 Å². The van der Waals surface area contributed by atoms with Crippen molar-refractivity contribution in [2.45, 2.75) is 111 Å². The van der Waals surface area contributed by atoms with Crippen LogP contribution in [0.5, 0.6) is 0 Å². The number of aliphatic hydroxyl groups is 1. The molecule has 4 aliphatic carbocycles. The Bertz CT molecular complexity index is 703. The van der Waals surface area contributed by atoms with Crippen LogP contribution < -0.4 is 5.73 Å². The molecule has 1 unspecified atom stereocenters. The van der Waals surface area contributed by atoms with E-state index in [1.165, 1.54) is 57.8 Å². The fourth-order valence-electron chi connectivity index (χ4n) is 8.67. The highest BCUT2D eigenvalue weighted by Crippen LogP contribution is 2.67. The van der Waals surface area contributed by atoms with Crippen LogP contribution in [0.2, 0.25) is 0 Å². The van der Waals surface area contributed by atoms with Crippen molar-refractivity contribution in [3.8, 4) is 0 Å². The van der Waals surface area contributed by atoms with Crippen LogP contribution in [0.3, 0.4) is 0 Å². The molecule has 0 heterocycles. The first-order valence-corrected chi connectivity index (χ1v) is 13.8. The van der Waals surface area contributed by atoms with Gasteiger partial charge in [0.05, 0.1) is 12.6 Å². The van der Waals surface area contributed by atoms with Gasteiger partial charge in [0.1, 0.15) is 0 Å². The van der Waals surface area contributed by atoms with E-state index in [-0.39, 0.29) is 12.6 Å². The zero-order valence-corrected chi connectivity index (χ0v) is 22.0. The van der Waals surface area contributed by atoms with Crippen LogP contribution in [-0.4, -0.2) is 28.8 Å². The van der Waals surface area contributed by atoms with Gasteiger partial charge in [-0.1, -0.05) is 65.5 Å². The summed E-state index contributed by atoms with van der Waals surface area (Å²) in [5, 5.41) is 17.8. The summed E-state index contributed by atoms with van der Waals surface area (Å²) in [4.78, 5) is 9.24. The van der Waals surface area contributed by atoms with E-state index in [0.29, 0.717) is 10.8 Å². The number of aliphatic hydroxyl groups excluding tert-OH is 1. The van der Waals surface area contributed by atoms with Crippen LogP contribution in [0, 0.1) is 46.3 Å². The van der Waals surface area contributed by atoms with E-state index in [4.69, 9.17) is 5.11 Å². The lowest BCUT2D eigenvalue weighted by atomic mass is 9.47. The van der Waals surface area contributed by atoms with Gasteiger partial charge in [-0.3, -0.25) is 4.79 Å². The van der Waals surface area contributed by atoms with Crippen LogP contribution in [0.15, 0.2) is 11.6 Å². The number of fused-ring (bicyclic) bond motifs is 5. The Morgan fingerprint density at radius 1 is 1.09 bits per heavy atom. The predicted molar refractivity (Wildman–Crippen MR) is 136 cm³/mol. The topological polar surface area (TPSA) is 83.5 Å². The lowest BCUT2D eigenvalue weighted by molar-refractivity contribution is -0.135. The number of rotatable bonds is 6. The van der Waals surface area contributed by atoms with Gasteiger partial charge in [0.2, 0.25) is 0 Å². The largest absolute Gasteiger partial charge is 0.480 e. The molecule has 8 atom stereocenters. The maximum absolute atomic E-state index is 10.2. The maximum Gasteiger partial charge on any atom is 0.317 e. The molecule has 0 saturated heterocycles. The van der Waals surface area contributed by atoms with E-state index in [1.807, 2.05) is 0 Å². The van der Waals surface area contributed by atoms with Crippen LogP contribution in [0.25, 0.3) is 0 Å². The van der Waals surface area contributed by atoms with E-state index >= 15 is 0 Å². The lowest BCUT2D eigenvalue weighted by Crippen LogP contribution is -2.50. The van der Waals surface area contributed by atoms with Gasteiger partial charge in [0.25, 0.3) is 0 Å². The molecule has 0 aliphatic heterocycles. The predicted octanol–water partition coefficient (Wildman–Crippen LogP) is 6.42. The summed E-state index contributed by atoms with van der Waals surface area (Å²) in [6.45, 7) is 12.3.